The van der Waals surface area contributed by atoms with Gasteiger partial charge in [0.2, 0.25) is 0 Å². The minimum Gasteiger partial charge on any atom is -0.496 e. The van der Waals surface area contributed by atoms with Crippen LogP contribution < -0.4 is 10.1 Å². The van der Waals surface area contributed by atoms with Crippen molar-refractivity contribution in [2.75, 3.05) is 7.11 Å². The zero-order valence-corrected chi connectivity index (χ0v) is 12.2. The predicted octanol–water partition coefficient (Wildman–Crippen LogP) is 3.89. The molecular formula is C15H15BrFNO. The molecule has 0 saturated carbocycles. The number of hydrogen-bond acceptors (Lipinski definition) is 2. The van der Waals surface area contributed by atoms with Gasteiger partial charge in [-0.15, -0.1) is 0 Å². The summed E-state index contributed by atoms with van der Waals surface area (Å²) < 4.78 is 19.5. The van der Waals surface area contributed by atoms with Crippen molar-refractivity contribution in [2.24, 2.45) is 0 Å². The second kappa shape index (κ2) is 6.68. The molecule has 2 nitrogen and oxygen atoms in total. The molecule has 2 rings (SSSR count). The molecule has 4 heteroatoms. The Morgan fingerprint density at radius 3 is 2.63 bits per heavy atom. The van der Waals surface area contributed by atoms with Gasteiger partial charge in [-0.25, -0.2) is 4.39 Å². The first-order valence-corrected chi connectivity index (χ1v) is 6.76. The van der Waals surface area contributed by atoms with Gasteiger partial charge in [0.05, 0.1) is 11.6 Å². The van der Waals surface area contributed by atoms with E-state index in [1.807, 2.05) is 24.3 Å². The fourth-order valence-corrected chi connectivity index (χ4v) is 2.39. The van der Waals surface area contributed by atoms with E-state index in [2.05, 4.69) is 21.2 Å². The van der Waals surface area contributed by atoms with Crippen LogP contribution in [-0.2, 0) is 13.1 Å². The summed E-state index contributed by atoms with van der Waals surface area (Å²) in [6, 6.07) is 12.7. The average molecular weight is 324 g/mol. The molecule has 0 heterocycles. The average Bonchev–Trinajstić information content (AvgIpc) is 2.41. The van der Waals surface area contributed by atoms with Gasteiger partial charge in [0.15, 0.2) is 0 Å². The molecule has 0 saturated heterocycles. The topological polar surface area (TPSA) is 21.3 Å². The van der Waals surface area contributed by atoms with Gasteiger partial charge in [0.1, 0.15) is 11.6 Å². The number of nitrogens with one attached hydrogen (secondary N) is 1. The van der Waals surface area contributed by atoms with Gasteiger partial charge >= 0.3 is 0 Å². The highest BCUT2D eigenvalue weighted by atomic mass is 79.9. The molecule has 100 valence electrons. The summed E-state index contributed by atoms with van der Waals surface area (Å²) in [7, 11) is 1.64. The van der Waals surface area contributed by atoms with Crippen LogP contribution in [0.4, 0.5) is 4.39 Å². The van der Waals surface area contributed by atoms with Crippen LogP contribution >= 0.6 is 15.9 Å². The standard InChI is InChI=1S/C15H15BrFNO/c1-19-15-7-6-11(8-13(15)16)9-18-10-12-4-2-3-5-14(12)17/h2-8,18H,9-10H2,1H3. The number of ether oxygens (including phenoxy) is 1. The third kappa shape index (κ3) is 3.78. The number of rotatable bonds is 5. The third-order valence-electron chi connectivity index (χ3n) is 2.82. The second-order valence-corrected chi connectivity index (χ2v) is 5.02. The van der Waals surface area contributed by atoms with E-state index in [0.29, 0.717) is 18.7 Å². The van der Waals surface area contributed by atoms with Crippen molar-refractivity contribution in [3.8, 4) is 5.75 Å². The van der Waals surface area contributed by atoms with Crippen LogP contribution in [0.3, 0.4) is 0 Å². The van der Waals surface area contributed by atoms with Crippen LogP contribution in [-0.4, -0.2) is 7.11 Å². The molecule has 2 aromatic carbocycles. The lowest BCUT2D eigenvalue weighted by atomic mass is 10.2. The van der Waals surface area contributed by atoms with Crippen molar-refractivity contribution in [1.29, 1.82) is 0 Å². The van der Waals surface area contributed by atoms with Crippen molar-refractivity contribution < 1.29 is 9.13 Å². The maximum absolute atomic E-state index is 13.4. The van der Waals surface area contributed by atoms with E-state index in [9.17, 15) is 4.39 Å². The van der Waals surface area contributed by atoms with Crippen LogP contribution in [0.1, 0.15) is 11.1 Å². The summed E-state index contributed by atoms with van der Waals surface area (Å²) in [6.45, 7) is 1.19. The van der Waals surface area contributed by atoms with E-state index in [-0.39, 0.29) is 5.82 Å². The van der Waals surface area contributed by atoms with E-state index in [1.165, 1.54) is 6.07 Å². The summed E-state index contributed by atoms with van der Waals surface area (Å²) in [5.74, 6) is 0.628. The van der Waals surface area contributed by atoms with E-state index in [1.54, 1.807) is 19.2 Å². The monoisotopic (exact) mass is 323 g/mol. The van der Waals surface area contributed by atoms with Gasteiger partial charge in [-0.1, -0.05) is 24.3 Å². The van der Waals surface area contributed by atoms with Gasteiger partial charge in [-0.3, -0.25) is 0 Å². The largest absolute Gasteiger partial charge is 0.496 e. The van der Waals surface area contributed by atoms with Crippen LogP contribution in [0.25, 0.3) is 0 Å². The lowest BCUT2D eigenvalue weighted by Gasteiger charge is -2.08. The molecule has 0 aliphatic carbocycles. The van der Waals surface area contributed by atoms with Crippen molar-refractivity contribution in [3.05, 3.63) is 63.9 Å². The molecule has 0 atom stereocenters. The first kappa shape index (κ1) is 14.0. The fraction of sp³-hybridized carbons (Fsp3) is 0.200. The number of hydrogen-bond donors (Lipinski definition) is 1. The van der Waals surface area contributed by atoms with Gasteiger partial charge in [-0.2, -0.15) is 0 Å². The summed E-state index contributed by atoms with van der Waals surface area (Å²) in [5.41, 5.74) is 1.79. The molecule has 0 aliphatic heterocycles. The molecule has 0 unspecified atom stereocenters. The summed E-state index contributed by atoms with van der Waals surface area (Å²) >= 11 is 3.44. The first-order chi connectivity index (χ1) is 9.20. The van der Waals surface area contributed by atoms with Crippen LogP contribution in [0.5, 0.6) is 5.75 Å². The lowest BCUT2D eigenvalue weighted by molar-refractivity contribution is 0.412. The quantitative estimate of drug-likeness (QED) is 0.901. The molecule has 1 N–H and O–H groups in total. The molecule has 0 bridgehead atoms. The van der Waals surface area contributed by atoms with Crippen molar-refractivity contribution in [1.82, 2.24) is 5.32 Å². The molecule has 0 aromatic heterocycles. The Bertz CT molecular complexity index is 560. The Labute approximate surface area is 120 Å². The third-order valence-corrected chi connectivity index (χ3v) is 3.44. The van der Waals surface area contributed by atoms with Crippen LogP contribution in [0.15, 0.2) is 46.9 Å². The minimum atomic E-state index is -0.175. The van der Waals surface area contributed by atoms with Gasteiger partial charge in [-0.05, 0) is 39.7 Å². The minimum absolute atomic E-state index is 0.175. The maximum Gasteiger partial charge on any atom is 0.133 e. The zero-order valence-electron chi connectivity index (χ0n) is 10.6. The molecule has 0 radical (unpaired) electrons. The van der Waals surface area contributed by atoms with E-state index < -0.39 is 0 Å². The van der Waals surface area contributed by atoms with Crippen molar-refractivity contribution in [3.63, 3.8) is 0 Å². The lowest BCUT2D eigenvalue weighted by Crippen LogP contribution is -2.13. The fourth-order valence-electron chi connectivity index (χ4n) is 1.80. The molecule has 0 spiro atoms. The number of benzene rings is 2. The molecule has 19 heavy (non-hydrogen) atoms. The number of methoxy groups -OCH3 is 1. The Balaban J connectivity index is 1.93. The number of halogens is 2. The van der Waals surface area contributed by atoms with Crippen LogP contribution in [0, 0.1) is 5.82 Å². The highest BCUT2D eigenvalue weighted by Gasteiger charge is 2.03. The Morgan fingerprint density at radius 1 is 1.16 bits per heavy atom. The SMILES string of the molecule is COc1ccc(CNCc2ccccc2F)cc1Br. The Hall–Kier alpha value is -1.39. The highest BCUT2D eigenvalue weighted by molar-refractivity contribution is 9.10. The Morgan fingerprint density at radius 2 is 1.95 bits per heavy atom. The predicted molar refractivity (Wildman–Crippen MR) is 77.6 cm³/mol. The zero-order chi connectivity index (χ0) is 13.7. The summed E-state index contributed by atoms with van der Waals surface area (Å²) in [6.07, 6.45) is 0. The highest BCUT2D eigenvalue weighted by Crippen LogP contribution is 2.25. The normalized spacial score (nSPS) is 10.5. The smallest absolute Gasteiger partial charge is 0.133 e. The molecule has 0 aliphatic rings. The van der Waals surface area contributed by atoms with Gasteiger partial charge in [0.25, 0.3) is 0 Å². The van der Waals surface area contributed by atoms with Crippen molar-refractivity contribution in [2.45, 2.75) is 13.1 Å². The van der Waals surface area contributed by atoms with Gasteiger partial charge < -0.3 is 10.1 Å². The van der Waals surface area contributed by atoms with Crippen molar-refractivity contribution >= 4 is 15.9 Å². The van der Waals surface area contributed by atoms with Gasteiger partial charge in [0, 0.05) is 18.7 Å². The molecule has 2 aromatic rings. The molecule has 0 amide bonds. The second-order valence-electron chi connectivity index (χ2n) is 4.16. The van der Waals surface area contributed by atoms with E-state index >= 15 is 0 Å². The Kier molecular flexibility index (Phi) is 4.93. The van der Waals surface area contributed by atoms with Crippen LogP contribution in [0.2, 0.25) is 0 Å². The molecular weight excluding hydrogens is 309 g/mol. The molecule has 0 fully saturated rings. The van der Waals surface area contributed by atoms with E-state index in [0.717, 1.165) is 15.8 Å². The summed E-state index contributed by atoms with van der Waals surface area (Å²) in [5, 5.41) is 3.22. The maximum atomic E-state index is 13.4. The first-order valence-electron chi connectivity index (χ1n) is 5.97. The van der Waals surface area contributed by atoms with E-state index in [4.69, 9.17) is 4.74 Å². The summed E-state index contributed by atoms with van der Waals surface area (Å²) in [4.78, 5) is 0.